The van der Waals surface area contributed by atoms with Crippen molar-refractivity contribution >= 4 is 28.3 Å². The number of rotatable bonds is 4. The molecule has 8 nitrogen and oxygen atoms in total. The fraction of sp³-hybridized carbons (Fsp3) is 0.138. The van der Waals surface area contributed by atoms with E-state index in [4.69, 9.17) is 15.9 Å². The molecule has 190 valence electrons. The van der Waals surface area contributed by atoms with Crippen molar-refractivity contribution in [3.63, 3.8) is 0 Å². The van der Waals surface area contributed by atoms with Crippen LogP contribution < -0.4 is 21.9 Å². The average Bonchev–Trinajstić information content (AvgIpc) is 3.21. The van der Waals surface area contributed by atoms with Crippen molar-refractivity contribution in [2.75, 3.05) is 23.5 Å². The maximum atomic E-state index is 14.3. The van der Waals surface area contributed by atoms with Gasteiger partial charge < -0.3 is 15.9 Å². The fourth-order valence-electron chi connectivity index (χ4n) is 5.30. The number of hydrazine groups is 1. The molecule has 2 aromatic heterocycles. The summed E-state index contributed by atoms with van der Waals surface area (Å²) in [6, 6.07) is 19.7. The summed E-state index contributed by atoms with van der Waals surface area (Å²) in [5.74, 6) is 0.882. The van der Waals surface area contributed by atoms with Crippen LogP contribution in [0, 0.1) is 5.82 Å². The predicted molar refractivity (Wildman–Crippen MR) is 146 cm³/mol. The molecular formula is C29H25FN6O2. The van der Waals surface area contributed by atoms with Crippen LogP contribution in [0.1, 0.15) is 35.9 Å². The molecule has 1 aliphatic rings. The van der Waals surface area contributed by atoms with E-state index in [0.717, 1.165) is 11.1 Å². The van der Waals surface area contributed by atoms with Crippen molar-refractivity contribution < 1.29 is 8.81 Å². The van der Waals surface area contributed by atoms with E-state index in [-0.39, 0.29) is 11.5 Å². The van der Waals surface area contributed by atoms with Gasteiger partial charge in [-0.05, 0) is 54.4 Å². The zero-order chi connectivity index (χ0) is 26.6. The summed E-state index contributed by atoms with van der Waals surface area (Å²) in [6.45, 7) is 1.92. The normalized spacial score (nSPS) is 16.1. The first-order valence-corrected chi connectivity index (χ1v) is 12.1. The van der Waals surface area contributed by atoms with Crippen molar-refractivity contribution in [3.8, 4) is 11.1 Å². The average molecular weight is 509 g/mol. The Morgan fingerprint density at radius 3 is 2.53 bits per heavy atom. The van der Waals surface area contributed by atoms with Crippen molar-refractivity contribution in [2.24, 2.45) is 0 Å². The van der Waals surface area contributed by atoms with Gasteiger partial charge in [-0.3, -0.25) is 9.80 Å². The lowest BCUT2D eigenvalue weighted by atomic mass is 9.98. The SMILES string of the molecule is CC(c1oc2ccccc2c(=O)c1-c1cccc(F)c1)N1c2ncnc(N)c2C(c2ccc(N)cc2)N1C. The summed E-state index contributed by atoms with van der Waals surface area (Å²) in [4.78, 5) is 22.6. The lowest BCUT2D eigenvalue weighted by Crippen LogP contribution is -2.39. The van der Waals surface area contributed by atoms with Gasteiger partial charge >= 0.3 is 0 Å². The number of hydrogen-bond donors (Lipinski definition) is 2. The summed E-state index contributed by atoms with van der Waals surface area (Å²) in [6.07, 6.45) is 1.41. The van der Waals surface area contributed by atoms with Gasteiger partial charge in [-0.15, -0.1) is 0 Å². The Labute approximate surface area is 217 Å². The van der Waals surface area contributed by atoms with Crippen LogP contribution in [-0.4, -0.2) is 22.0 Å². The van der Waals surface area contributed by atoms with Crippen molar-refractivity contribution in [1.29, 1.82) is 0 Å². The first kappa shape index (κ1) is 23.6. The van der Waals surface area contributed by atoms with Gasteiger partial charge in [0.2, 0.25) is 5.43 Å². The topological polar surface area (TPSA) is 115 Å². The molecule has 0 saturated heterocycles. The molecule has 0 radical (unpaired) electrons. The van der Waals surface area contributed by atoms with Gasteiger partial charge in [-0.2, -0.15) is 0 Å². The van der Waals surface area contributed by atoms with Crippen molar-refractivity contribution in [2.45, 2.75) is 19.0 Å². The number of halogens is 1. The summed E-state index contributed by atoms with van der Waals surface area (Å²) >= 11 is 0. The van der Waals surface area contributed by atoms with E-state index in [1.54, 1.807) is 30.3 Å². The molecule has 5 aromatic rings. The van der Waals surface area contributed by atoms with Crippen LogP contribution in [0.2, 0.25) is 0 Å². The van der Waals surface area contributed by atoms with Crippen LogP contribution in [0.3, 0.4) is 0 Å². The third kappa shape index (κ3) is 3.67. The van der Waals surface area contributed by atoms with Gasteiger partial charge in [0.15, 0.2) is 5.82 Å². The third-order valence-electron chi connectivity index (χ3n) is 7.03. The second-order valence-electron chi connectivity index (χ2n) is 9.34. The third-order valence-corrected chi connectivity index (χ3v) is 7.03. The van der Waals surface area contributed by atoms with Crippen LogP contribution in [0.4, 0.5) is 21.7 Å². The molecule has 2 atom stereocenters. The van der Waals surface area contributed by atoms with E-state index in [2.05, 4.69) is 9.97 Å². The Hall–Kier alpha value is -4.76. The van der Waals surface area contributed by atoms with Crippen molar-refractivity contribution in [1.82, 2.24) is 15.0 Å². The summed E-state index contributed by atoms with van der Waals surface area (Å²) in [7, 11) is 1.92. The minimum atomic E-state index is -0.526. The Bertz CT molecular complexity index is 1740. The highest BCUT2D eigenvalue weighted by Gasteiger charge is 2.42. The minimum absolute atomic E-state index is 0.237. The largest absolute Gasteiger partial charge is 0.458 e. The molecule has 2 unspecified atom stereocenters. The highest BCUT2D eigenvalue weighted by Crippen LogP contribution is 2.48. The smallest absolute Gasteiger partial charge is 0.200 e. The molecular weight excluding hydrogens is 483 g/mol. The lowest BCUT2D eigenvalue weighted by Gasteiger charge is -2.35. The van der Waals surface area contributed by atoms with E-state index in [1.165, 1.54) is 18.5 Å². The molecule has 6 rings (SSSR count). The lowest BCUT2D eigenvalue weighted by molar-refractivity contribution is 0.246. The standard InChI is InChI=1S/C29H25FN6O2/c1-16(27-23(18-6-5-7-19(30)14-18)26(37)21-8-3-4-9-22(21)38-27)36-29-24(28(32)33-15-34-29)25(35(36)2)17-10-12-20(31)13-11-17/h3-16,25H,31H2,1-2H3,(H2,32,33,34). The Morgan fingerprint density at radius 1 is 1.00 bits per heavy atom. The number of nitrogen functional groups attached to an aromatic ring is 2. The van der Waals surface area contributed by atoms with Crippen LogP contribution in [0.15, 0.2) is 88.3 Å². The number of benzene rings is 3. The van der Waals surface area contributed by atoms with E-state index in [1.807, 2.05) is 54.3 Å². The first-order valence-electron chi connectivity index (χ1n) is 12.1. The number of para-hydroxylation sites is 1. The summed E-state index contributed by atoms with van der Waals surface area (Å²) < 4.78 is 20.7. The number of nitrogens with zero attached hydrogens (tertiary/aromatic N) is 4. The Balaban J connectivity index is 1.57. The van der Waals surface area contributed by atoms with E-state index in [0.29, 0.717) is 45.2 Å². The molecule has 0 saturated carbocycles. The zero-order valence-electron chi connectivity index (χ0n) is 20.8. The second kappa shape index (κ2) is 8.97. The van der Waals surface area contributed by atoms with Crippen LogP contribution >= 0.6 is 0 Å². The summed E-state index contributed by atoms with van der Waals surface area (Å²) in [5, 5.41) is 4.35. The van der Waals surface area contributed by atoms with Crippen LogP contribution in [0.25, 0.3) is 22.1 Å². The number of fused-ring (bicyclic) bond motifs is 2. The predicted octanol–water partition coefficient (Wildman–Crippen LogP) is 5.07. The zero-order valence-corrected chi connectivity index (χ0v) is 20.8. The first-order chi connectivity index (χ1) is 18.3. The monoisotopic (exact) mass is 508 g/mol. The number of anilines is 3. The van der Waals surface area contributed by atoms with E-state index in [9.17, 15) is 9.18 Å². The molecule has 1 aliphatic heterocycles. The molecule has 38 heavy (non-hydrogen) atoms. The number of nitrogens with two attached hydrogens (primary N) is 2. The fourth-order valence-corrected chi connectivity index (χ4v) is 5.30. The second-order valence-corrected chi connectivity index (χ2v) is 9.34. The van der Waals surface area contributed by atoms with Crippen LogP contribution in [-0.2, 0) is 0 Å². The van der Waals surface area contributed by atoms with Gasteiger partial charge in [0.1, 0.15) is 35.3 Å². The quantitative estimate of drug-likeness (QED) is 0.324. The summed E-state index contributed by atoms with van der Waals surface area (Å²) in [5.41, 5.74) is 15.6. The minimum Gasteiger partial charge on any atom is -0.458 e. The van der Waals surface area contributed by atoms with E-state index >= 15 is 0 Å². The highest BCUT2D eigenvalue weighted by molar-refractivity contribution is 5.83. The molecule has 0 bridgehead atoms. The van der Waals surface area contributed by atoms with Crippen LogP contribution in [0.5, 0.6) is 0 Å². The molecule has 9 heteroatoms. The maximum Gasteiger partial charge on any atom is 0.200 e. The molecule has 0 amide bonds. The van der Waals surface area contributed by atoms with Gasteiger partial charge in [-0.1, -0.05) is 36.4 Å². The van der Waals surface area contributed by atoms with Gasteiger partial charge in [0.05, 0.1) is 22.6 Å². The molecule has 0 fully saturated rings. The van der Waals surface area contributed by atoms with Gasteiger partial charge in [0.25, 0.3) is 0 Å². The Morgan fingerprint density at radius 2 is 1.76 bits per heavy atom. The highest BCUT2D eigenvalue weighted by atomic mass is 19.1. The number of aromatic nitrogens is 2. The molecule has 0 spiro atoms. The molecule has 3 aromatic carbocycles. The Kier molecular flexibility index (Phi) is 5.57. The number of hydrogen-bond acceptors (Lipinski definition) is 8. The van der Waals surface area contributed by atoms with Gasteiger partial charge in [-0.25, -0.2) is 19.4 Å². The molecule has 0 aliphatic carbocycles. The maximum absolute atomic E-state index is 14.3. The van der Waals surface area contributed by atoms with E-state index < -0.39 is 11.9 Å². The molecule has 3 heterocycles. The van der Waals surface area contributed by atoms with Crippen molar-refractivity contribution in [3.05, 3.63) is 112 Å². The van der Waals surface area contributed by atoms with Gasteiger partial charge in [0, 0.05) is 12.7 Å². The molecule has 4 N–H and O–H groups in total.